The van der Waals surface area contributed by atoms with Gasteiger partial charge in [-0.3, -0.25) is 0 Å². The van der Waals surface area contributed by atoms with Crippen LogP contribution in [0.1, 0.15) is 29.9 Å². The van der Waals surface area contributed by atoms with Crippen molar-refractivity contribution in [2.24, 2.45) is 0 Å². The number of hydrogen-bond acceptors (Lipinski definition) is 5. The minimum Gasteiger partial charge on any atom is -0.407 e. The number of aryl methyl sites for hydroxylation is 1. The molecule has 106 valence electrons. The molecule has 1 N–H and O–H groups in total. The molecular formula is C15H20N4O. The van der Waals surface area contributed by atoms with E-state index in [2.05, 4.69) is 46.7 Å². The Morgan fingerprint density at radius 3 is 2.70 bits per heavy atom. The Balaban J connectivity index is 1.58. The maximum absolute atomic E-state index is 5.66. The van der Waals surface area contributed by atoms with Crippen molar-refractivity contribution in [3.05, 3.63) is 41.3 Å². The molecular weight excluding hydrogens is 252 g/mol. The Morgan fingerprint density at radius 2 is 2.00 bits per heavy atom. The number of anilines is 1. The SMILES string of the molecule is Cc1ccc(CN(C)c2nnc(CNC3CC3)o2)cc1. The lowest BCUT2D eigenvalue weighted by atomic mass is 10.1. The molecule has 1 heterocycles. The molecule has 0 spiro atoms. The molecule has 1 aliphatic rings. The quantitative estimate of drug-likeness (QED) is 0.874. The van der Waals surface area contributed by atoms with Gasteiger partial charge in [0.1, 0.15) is 0 Å². The number of nitrogens with zero attached hydrogens (tertiary/aromatic N) is 3. The molecule has 1 aromatic carbocycles. The normalized spacial score (nSPS) is 14.5. The third-order valence-corrected chi connectivity index (χ3v) is 3.44. The standard InChI is InChI=1S/C15H20N4O/c1-11-3-5-12(6-4-11)10-19(2)15-18-17-14(20-15)9-16-13-7-8-13/h3-6,13,16H,7-10H2,1-2H3. The van der Waals surface area contributed by atoms with Crippen LogP contribution in [-0.2, 0) is 13.1 Å². The maximum atomic E-state index is 5.66. The highest BCUT2D eigenvalue weighted by molar-refractivity contribution is 5.28. The minimum atomic E-state index is 0.568. The predicted molar refractivity (Wildman–Crippen MR) is 77.4 cm³/mol. The summed E-state index contributed by atoms with van der Waals surface area (Å²) in [6.07, 6.45) is 2.52. The molecule has 5 nitrogen and oxygen atoms in total. The summed E-state index contributed by atoms with van der Waals surface area (Å²) in [5, 5.41) is 11.5. The summed E-state index contributed by atoms with van der Waals surface area (Å²) in [5.41, 5.74) is 2.50. The number of rotatable bonds is 6. The summed E-state index contributed by atoms with van der Waals surface area (Å²) in [6, 6.07) is 9.69. The van der Waals surface area contributed by atoms with Crippen molar-refractivity contribution in [1.82, 2.24) is 15.5 Å². The Labute approximate surface area is 119 Å². The highest BCUT2D eigenvalue weighted by Crippen LogP contribution is 2.20. The van der Waals surface area contributed by atoms with E-state index < -0.39 is 0 Å². The van der Waals surface area contributed by atoms with Gasteiger partial charge in [-0.1, -0.05) is 34.9 Å². The maximum Gasteiger partial charge on any atom is 0.318 e. The average Bonchev–Trinajstić information content (AvgIpc) is 3.15. The highest BCUT2D eigenvalue weighted by Gasteiger charge is 2.21. The number of aromatic nitrogens is 2. The molecule has 5 heteroatoms. The molecule has 1 saturated carbocycles. The van der Waals surface area contributed by atoms with Gasteiger partial charge in [0.15, 0.2) is 0 Å². The van der Waals surface area contributed by atoms with E-state index in [0.717, 1.165) is 6.54 Å². The first-order valence-corrected chi connectivity index (χ1v) is 7.03. The van der Waals surface area contributed by atoms with Gasteiger partial charge < -0.3 is 14.6 Å². The van der Waals surface area contributed by atoms with Crippen LogP contribution in [0, 0.1) is 6.92 Å². The molecule has 0 radical (unpaired) electrons. The van der Waals surface area contributed by atoms with Crippen LogP contribution >= 0.6 is 0 Å². The molecule has 0 saturated heterocycles. The summed E-state index contributed by atoms with van der Waals surface area (Å²) in [6.45, 7) is 3.51. The molecule has 0 unspecified atom stereocenters. The molecule has 1 aliphatic carbocycles. The average molecular weight is 272 g/mol. The van der Waals surface area contributed by atoms with Crippen LogP contribution in [-0.4, -0.2) is 23.3 Å². The Hall–Kier alpha value is -1.88. The lowest BCUT2D eigenvalue weighted by molar-refractivity contribution is 0.464. The Morgan fingerprint density at radius 1 is 1.25 bits per heavy atom. The van der Waals surface area contributed by atoms with E-state index in [4.69, 9.17) is 4.42 Å². The first kappa shape index (κ1) is 13.1. The lowest BCUT2D eigenvalue weighted by Crippen LogP contribution is -2.17. The van der Waals surface area contributed by atoms with Gasteiger partial charge in [-0.15, -0.1) is 5.10 Å². The van der Waals surface area contributed by atoms with Crippen LogP contribution in [0.25, 0.3) is 0 Å². The van der Waals surface area contributed by atoms with Crippen LogP contribution in [0.15, 0.2) is 28.7 Å². The second-order valence-corrected chi connectivity index (χ2v) is 5.48. The van der Waals surface area contributed by atoms with E-state index in [1.54, 1.807) is 0 Å². The van der Waals surface area contributed by atoms with Gasteiger partial charge in [0.05, 0.1) is 6.54 Å². The van der Waals surface area contributed by atoms with Crippen molar-refractivity contribution in [3.63, 3.8) is 0 Å². The molecule has 0 atom stereocenters. The van der Waals surface area contributed by atoms with Gasteiger partial charge >= 0.3 is 6.01 Å². The fourth-order valence-corrected chi connectivity index (χ4v) is 2.02. The lowest BCUT2D eigenvalue weighted by Gasteiger charge is -2.13. The summed E-state index contributed by atoms with van der Waals surface area (Å²) >= 11 is 0. The minimum absolute atomic E-state index is 0.568. The molecule has 20 heavy (non-hydrogen) atoms. The number of hydrogen-bond donors (Lipinski definition) is 1. The zero-order valence-electron chi connectivity index (χ0n) is 12.0. The smallest absolute Gasteiger partial charge is 0.318 e. The van der Waals surface area contributed by atoms with Crippen LogP contribution in [0.4, 0.5) is 6.01 Å². The fourth-order valence-electron chi connectivity index (χ4n) is 2.02. The van der Waals surface area contributed by atoms with Crippen LogP contribution < -0.4 is 10.2 Å². The van der Waals surface area contributed by atoms with Crippen molar-refractivity contribution in [2.45, 2.75) is 38.9 Å². The van der Waals surface area contributed by atoms with Gasteiger partial charge in [0.2, 0.25) is 5.89 Å². The summed E-state index contributed by atoms with van der Waals surface area (Å²) in [7, 11) is 1.96. The largest absolute Gasteiger partial charge is 0.407 e. The van der Waals surface area contributed by atoms with Crippen molar-refractivity contribution < 1.29 is 4.42 Å². The molecule has 0 bridgehead atoms. The van der Waals surface area contributed by atoms with E-state index in [0.29, 0.717) is 24.5 Å². The highest BCUT2D eigenvalue weighted by atomic mass is 16.4. The third-order valence-electron chi connectivity index (χ3n) is 3.44. The van der Waals surface area contributed by atoms with Crippen molar-refractivity contribution in [1.29, 1.82) is 0 Å². The molecule has 0 aliphatic heterocycles. The van der Waals surface area contributed by atoms with E-state index >= 15 is 0 Å². The van der Waals surface area contributed by atoms with E-state index in [1.165, 1.54) is 24.0 Å². The number of benzene rings is 1. The van der Waals surface area contributed by atoms with Crippen molar-refractivity contribution >= 4 is 6.01 Å². The van der Waals surface area contributed by atoms with Gasteiger partial charge in [-0.2, -0.15) is 0 Å². The molecule has 1 aromatic heterocycles. The van der Waals surface area contributed by atoms with Crippen LogP contribution in [0.5, 0.6) is 0 Å². The Bertz CT molecular complexity index is 560. The van der Waals surface area contributed by atoms with Gasteiger partial charge in [0, 0.05) is 19.6 Å². The first-order valence-electron chi connectivity index (χ1n) is 7.03. The third kappa shape index (κ3) is 3.36. The zero-order chi connectivity index (χ0) is 13.9. The van der Waals surface area contributed by atoms with E-state index in [-0.39, 0.29) is 0 Å². The number of nitrogens with one attached hydrogen (secondary N) is 1. The van der Waals surface area contributed by atoms with E-state index in [9.17, 15) is 0 Å². The summed E-state index contributed by atoms with van der Waals surface area (Å²) in [4.78, 5) is 1.97. The van der Waals surface area contributed by atoms with Crippen LogP contribution in [0.3, 0.4) is 0 Å². The van der Waals surface area contributed by atoms with Gasteiger partial charge in [0.25, 0.3) is 0 Å². The topological polar surface area (TPSA) is 54.2 Å². The molecule has 2 aromatic rings. The molecule has 0 amide bonds. The predicted octanol–water partition coefficient (Wildman–Crippen LogP) is 2.27. The monoisotopic (exact) mass is 272 g/mol. The van der Waals surface area contributed by atoms with Gasteiger partial charge in [-0.25, -0.2) is 0 Å². The first-order chi connectivity index (χ1) is 9.70. The van der Waals surface area contributed by atoms with Crippen LogP contribution in [0.2, 0.25) is 0 Å². The fraction of sp³-hybridized carbons (Fsp3) is 0.467. The second-order valence-electron chi connectivity index (χ2n) is 5.48. The summed E-state index contributed by atoms with van der Waals surface area (Å²) < 4.78 is 5.66. The zero-order valence-corrected chi connectivity index (χ0v) is 12.0. The van der Waals surface area contributed by atoms with Crippen molar-refractivity contribution in [2.75, 3.05) is 11.9 Å². The Kier molecular flexibility index (Phi) is 3.69. The van der Waals surface area contributed by atoms with E-state index in [1.807, 2.05) is 11.9 Å². The molecule has 3 rings (SSSR count). The van der Waals surface area contributed by atoms with Gasteiger partial charge in [-0.05, 0) is 25.3 Å². The molecule has 1 fully saturated rings. The van der Waals surface area contributed by atoms with Crippen molar-refractivity contribution in [3.8, 4) is 0 Å². The second kappa shape index (κ2) is 5.63. The summed E-state index contributed by atoms with van der Waals surface area (Å²) in [5.74, 6) is 0.655.